The van der Waals surface area contributed by atoms with Gasteiger partial charge in [0.2, 0.25) is 16.9 Å². The first-order valence-corrected chi connectivity index (χ1v) is 8.21. The Labute approximate surface area is 143 Å². The molecule has 1 amide bonds. The van der Waals surface area contributed by atoms with E-state index in [1.54, 1.807) is 19.1 Å². The zero-order valence-corrected chi connectivity index (χ0v) is 14.1. The maximum atomic E-state index is 12.3. The predicted octanol–water partition coefficient (Wildman–Crippen LogP) is 2.68. The Morgan fingerprint density at radius 2 is 2.17 bits per heavy atom. The van der Waals surface area contributed by atoms with Crippen LogP contribution in [0.1, 0.15) is 12.5 Å². The van der Waals surface area contributed by atoms with Gasteiger partial charge in [0, 0.05) is 5.69 Å². The van der Waals surface area contributed by atoms with Crippen molar-refractivity contribution in [3.05, 3.63) is 48.2 Å². The summed E-state index contributed by atoms with van der Waals surface area (Å²) in [5.41, 5.74) is 1.84. The first kappa shape index (κ1) is 16.1. The van der Waals surface area contributed by atoms with Crippen LogP contribution in [0.3, 0.4) is 0 Å². The minimum atomic E-state index is -0.388. The normalized spacial score (nSPS) is 12.1. The van der Waals surface area contributed by atoms with Gasteiger partial charge in [0.05, 0.1) is 11.5 Å². The van der Waals surface area contributed by atoms with Crippen molar-refractivity contribution < 1.29 is 9.21 Å². The third-order valence-electron chi connectivity index (χ3n) is 3.34. The summed E-state index contributed by atoms with van der Waals surface area (Å²) >= 11 is 1.23. The van der Waals surface area contributed by atoms with Crippen LogP contribution in [0.5, 0.6) is 0 Å². The number of aromatic nitrogens is 3. The van der Waals surface area contributed by atoms with Crippen LogP contribution in [-0.2, 0) is 4.79 Å². The summed E-state index contributed by atoms with van der Waals surface area (Å²) in [5.74, 6) is 6.80. The number of nitrogens with two attached hydrogens (primary N) is 1. The molecule has 0 unspecified atom stereocenters. The molecule has 7 nitrogen and oxygen atoms in total. The Morgan fingerprint density at radius 3 is 2.88 bits per heavy atom. The quantitative estimate of drug-likeness (QED) is 0.546. The molecule has 0 aliphatic carbocycles. The van der Waals surface area contributed by atoms with Crippen molar-refractivity contribution in [2.75, 3.05) is 11.2 Å². The molecule has 0 radical (unpaired) electrons. The van der Waals surface area contributed by atoms with Crippen molar-refractivity contribution in [3.63, 3.8) is 0 Å². The number of nitrogens with zero attached hydrogens (tertiary/aromatic N) is 3. The van der Waals surface area contributed by atoms with Gasteiger partial charge in [0.1, 0.15) is 0 Å². The van der Waals surface area contributed by atoms with E-state index in [2.05, 4.69) is 15.5 Å². The summed E-state index contributed by atoms with van der Waals surface area (Å²) in [4.78, 5) is 12.3. The van der Waals surface area contributed by atoms with Crippen molar-refractivity contribution in [2.45, 2.75) is 24.3 Å². The lowest BCUT2D eigenvalue weighted by atomic mass is 10.2. The average Bonchev–Trinajstić information content (AvgIpc) is 3.18. The van der Waals surface area contributed by atoms with Gasteiger partial charge in [-0.15, -0.1) is 10.2 Å². The molecule has 0 bridgehead atoms. The Kier molecular flexibility index (Phi) is 4.57. The number of benzene rings is 1. The number of carbonyl (C=O) groups is 1. The van der Waals surface area contributed by atoms with Crippen LogP contribution in [0.4, 0.5) is 5.69 Å². The number of hydrogen-bond donors (Lipinski definition) is 2. The third kappa shape index (κ3) is 3.43. The van der Waals surface area contributed by atoms with Crippen molar-refractivity contribution >= 4 is 23.4 Å². The number of anilines is 1. The minimum absolute atomic E-state index is 0.131. The maximum absolute atomic E-state index is 12.3. The molecule has 0 aliphatic heterocycles. The summed E-state index contributed by atoms with van der Waals surface area (Å²) < 4.78 is 6.58. The molecule has 0 aliphatic rings. The molecule has 1 atom stereocenters. The summed E-state index contributed by atoms with van der Waals surface area (Å²) in [6.07, 6.45) is 1.54. The van der Waals surface area contributed by atoms with Crippen LogP contribution in [0.25, 0.3) is 11.6 Å². The van der Waals surface area contributed by atoms with Crippen molar-refractivity contribution in [1.29, 1.82) is 0 Å². The van der Waals surface area contributed by atoms with Crippen LogP contribution in [-0.4, -0.2) is 26.0 Å². The topological polar surface area (TPSA) is 99.0 Å². The zero-order chi connectivity index (χ0) is 17.1. The molecule has 0 saturated heterocycles. The van der Waals surface area contributed by atoms with Gasteiger partial charge in [-0.1, -0.05) is 23.9 Å². The fourth-order valence-electron chi connectivity index (χ4n) is 2.11. The van der Waals surface area contributed by atoms with E-state index in [-0.39, 0.29) is 11.2 Å². The van der Waals surface area contributed by atoms with Crippen molar-refractivity contribution in [1.82, 2.24) is 14.9 Å². The van der Waals surface area contributed by atoms with Gasteiger partial charge < -0.3 is 15.6 Å². The van der Waals surface area contributed by atoms with Crippen LogP contribution in [0.15, 0.2) is 52.2 Å². The number of rotatable bonds is 5. The van der Waals surface area contributed by atoms with Gasteiger partial charge in [-0.05, 0) is 43.7 Å². The predicted molar refractivity (Wildman–Crippen MR) is 93.0 cm³/mol. The minimum Gasteiger partial charge on any atom is -0.461 e. The first-order chi connectivity index (χ1) is 11.5. The summed E-state index contributed by atoms with van der Waals surface area (Å²) in [6.45, 7) is 3.76. The number of nitrogens with one attached hydrogen (secondary N) is 1. The highest BCUT2D eigenvalue weighted by Crippen LogP contribution is 2.25. The molecule has 0 saturated carbocycles. The van der Waals surface area contributed by atoms with Crippen molar-refractivity contribution in [3.8, 4) is 11.6 Å². The van der Waals surface area contributed by atoms with E-state index in [1.165, 1.54) is 22.7 Å². The molecular formula is C16H17N5O2S. The second-order valence-electron chi connectivity index (χ2n) is 5.27. The monoisotopic (exact) mass is 343 g/mol. The van der Waals surface area contributed by atoms with Crippen LogP contribution < -0.4 is 11.2 Å². The lowest BCUT2D eigenvalue weighted by molar-refractivity contribution is -0.115. The molecular weight excluding hydrogens is 326 g/mol. The number of nitrogen functional groups attached to an aromatic ring is 1. The van der Waals surface area contributed by atoms with E-state index in [4.69, 9.17) is 10.3 Å². The summed E-state index contributed by atoms with van der Waals surface area (Å²) in [6, 6.07) is 11.1. The largest absolute Gasteiger partial charge is 0.461 e. The Balaban J connectivity index is 1.68. The highest BCUT2D eigenvalue weighted by Gasteiger charge is 2.20. The molecule has 8 heteroatoms. The Bertz CT molecular complexity index is 844. The molecule has 0 fully saturated rings. The number of thioether (sulfide) groups is 1. The van der Waals surface area contributed by atoms with Gasteiger partial charge in [-0.25, -0.2) is 4.68 Å². The zero-order valence-electron chi connectivity index (χ0n) is 13.3. The van der Waals surface area contributed by atoms with Gasteiger partial charge in [0.15, 0.2) is 5.76 Å². The molecule has 3 N–H and O–H groups in total. The lowest BCUT2D eigenvalue weighted by Gasteiger charge is -2.11. The molecule has 24 heavy (non-hydrogen) atoms. The van der Waals surface area contributed by atoms with Gasteiger partial charge in [-0.2, -0.15) is 0 Å². The summed E-state index contributed by atoms with van der Waals surface area (Å²) in [7, 11) is 0. The van der Waals surface area contributed by atoms with E-state index >= 15 is 0 Å². The van der Waals surface area contributed by atoms with Crippen LogP contribution in [0.2, 0.25) is 0 Å². The first-order valence-electron chi connectivity index (χ1n) is 7.33. The third-order valence-corrected chi connectivity index (χ3v) is 4.40. The van der Waals surface area contributed by atoms with Crippen molar-refractivity contribution in [2.24, 2.45) is 0 Å². The Hall–Kier alpha value is -2.74. The number of amides is 1. The highest BCUT2D eigenvalue weighted by molar-refractivity contribution is 8.00. The SMILES string of the molecule is Cc1cccc(NC(=O)[C@@H](C)Sc2nnc(-c3ccco3)n2N)c1. The molecule has 0 spiro atoms. The molecule has 3 rings (SSSR count). The number of aryl methyl sites for hydroxylation is 1. The molecule has 2 aromatic heterocycles. The van der Waals surface area contributed by atoms with Crippen LogP contribution in [0, 0.1) is 6.92 Å². The van der Waals surface area contributed by atoms with Gasteiger partial charge >= 0.3 is 0 Å². The number of carbonyl (C=O) groups excluding carboxylic acids is 1. The van der Waals surface area contributed by atoms with Gasteiger partial charge in [0.25, 0.3) is 0 Å². The maximum Gasteiger partial charge on any atom is 0.237 e. The van der Waals surface area contributed by atoms with E-state index in [9.17, 15) is 4.79 Å². The number of furan rings is 1. The second-order valence-corrected chi connectivity index (χ2v) is 6.58. The average molecular weight is 343 g/mol. The standard InChI is InChI=1S/C16H17N5O2S/c1-10-5-3-6-12(9-10)18-15(22)11(2)24-16-20-19-14(21(16)17)13-7-4-8-23-13/h3-9,11H,17H2,1-2H3,(H,18,22)/t11-/m1/s1. The molecule has 124 valence electrons. The lowest BCUT2D eigenvalue weighted by Crippen LogP contribution is -2.23. The molecule has 3 aromatic rings. The van der Waals surface area contributed by atoms with E-state index in [0.717, 1.165) is 11.3 Å². The molecule has 1 aromatic carbocycles. The second kappa shape index (κ2) is 6.79. The fourth-order valence-corrected chi connectivity index (χ4v) is 2.88. The summed E-state index contributed by atoms with van der Waals surface area (Å²) in [5, 5.41) is 11.0. The Morgan fingerprint density at radius 1 is 1.33 bits per heavy atom. The van der Waals surface area contributed by atoms with E-state index in [1.807, 2.05) is 31.2 Å². The van der Waals surface area contributed by atoms with E-state index < -0.39 is 0 Å². The van der Waals surface area contributed by atoms with Gasteiger partial charge in [-0.3, -0.25) is 4.79 Å². The highest BCUT2D eigenvalue weighted by atomic mass is 32.2. The molecule has 2 heterocycles. The fraction of sp³-hybridized carbons (Fsp3) is 0.188. The smallest absolute Gasteiger partial charge is 0.237 e. The number of hydrogen-bond acceptors (Lipinski definition) is 6. The van der Waals surface area contributed by atoms with E-state index in [0.29, 0.717) is 16.7 Å². The van der Waals surface area contributed by atoms with Crippen LogP contribution >= 0.6 is 11.8 Å².